The SMILES string of the molecule is C#CCC(=O)COc1ccc(Cl)cc1. The van der Waals surface area contributed by atoms with Gasteiger partial charge >= 0.3 is 0 Å². The molecule has 0 atom stereocenters. The predicted molar refractivity (Wildman–Crippen MR) is 55.4 cm³/mol. The average molecular weight is 209 g/mol. The minimum Gasteiger partial charge on any atom is -0.486 e. The highest BCUT2D eigenvalue weighted by Crippen LogP contribution is 2.15. The summed E-state index contributed by atoms with van der Waals surface area (Å²) in [5.74, 6) is 2.76. The first kappa shape index (κ1) is 10.6. The van der Waals surface area contributed by atoms with Crippen LogP contribution in [0.25, 0.3) is 0 Å². The van der Waals surface area contributed by atoms with Crippen LogP contribution in [0.3, 0.4) is 0 Å². The van der Waals surface area contributed by atoms with Crippen LogP contribution in [0.1, 0.15) is 6.42 Å². The van der Waals surface area contributed by atoms with Gasteiger partial charge in [0.15, 0.2) is 5.78 Å². The van der Waals surface area contributed by atoms with Crippen molar-refractivity contribution >= 4 is 17.4 Å². The molecule has 14 heavy (non-hydrogen) atoms. The Morgan fingerprint density at radius 2 is 2.07 bits per heavy atom. The third kappa shape index (κ3) is 3.51. The Bertz CT molecular complexity index is 349. The smallest absolute Gasteiger partial charge is 0.182 e. The number of halogens is 1. The van der Waals surface area contributed by atoms with Gasteiger partial charge in [0.1, 0.15) is 12.4 Å². The zero-order valence-electron chi connectivity index (χ0n) is 7.50. The van der Waals surface area contributed by atoms with Crippen LogP contribution in [0.15, 0.2) is 24.3 Å². The molecule has 0 aromatic heterocycles. The molecule has 0 N–H and O–H groups in total. The Kier molecular flexibility index (Phi) is 4.03. The molecule has 0 heterocycles. The summed E-state index contributed by atoms with van der Waals surface area (Å²) < 4.78 is 5.17. The van der Waals surface area contributed by atoms with Crippen LogP contribution in [0.2, 0.25) is 5.02 Å². The molecule has 0 radical (unpaired) electrons. The van der Waals surface area contributed by atoms with E-state index in [1.807, 2.05) is 0 Å². The zero-order valence-corrected chi connectivity index (χ0v) is 8.25. The highest BCUT2D eigenvalue weighted by molar-refractivity contribution is 6.30. The van der Waals surface area contributed by atoms with Gasteiger partial charge in [-0.3, -0.25) is 4.79 Å². The molecular weight excluding hydrogens is 200 g/mol. The lowest BCUT2D eigenvalue weighted by atomic mass is 10.3. The van der Waals surface area contributed by atoms with E-state index in [0.29, 0.717) is 10.8 Å². The van der Waals surface area contributed by atoms with Crippen molar-refractivity contribution in [3.63, 3.8) is 0 Å². The van der Waals surface area contributed by atoms with E-state index in [2.05, 4.69) is 5.92 Å². The van der Waals surface area contributed by atoms with Crippen molar-refractivity contribution in [2.24, 2.45) is 0 Å². The zero-order chi connectivity index (χ0) is 10.4. The molecule has 0 aliphatic carbocycles. The molecule has 1 aromatic carbocycles. The quantitative estimate of drug-likeness (QED) is 0.710. The summed E-state index contributed by atoms with van der Waals surface area (Å²) in [5.41, 5.74) is 0. The third-order valence-corrected chi connectivity index (χ3v) is 1.76. The lowest BCUT2D eigenvalue weighted by Gasteiger charge is -2.03. The number of ketones is 1. The number of carbonyl (C=O) groups excluding carboxylic acids is 1. The summed E-state index contributed by atoms with van der Waals surface area (Å²) in [6.45, 7) is 0.00579. The van der Waals surface area contributed by atoms with E-state index in [-0.39, 0.29) is 18.8 Å². The lowest BCUT2D eigenvalue weighted by molar-refractivity contribution is -0.120. The maximum Gasteiger partial charge on any atom is 0.182 e. The fraction of sp³-hybridized carbons (Fsp3) is 0.182. The summed E-state index contributed by atoms with van der Waals surface area (Å²) in [7, 11) is 0. The Morgan fingerprint density at radius 3 is 2.64 bits per heavy atom. The lowest BCUT2D eigenvalue weighted by Crippen LogP contribution is -2.09. The fourth-order valence-corrected chi connectivity index (χ4v) is 0.986. The van der Waals surface area contributed by atoms with E-state index in [0.717, 1.165) is 0 Å². The summed E-state index contributed by atoms with van der Waals surface area (Å²) in [5, 5.41) is 0.632. The summed E-state index contributed by atoms with van der Waals surface area (Å²) >= 11 is 5.68. The summed E-state index contributed by atoms with van der Waals surface area (Å²) in [6, 6.07) is 6.79. The van der Waals surface area contributed by atoms with Crippen molar-refractivity contribution in [1.29, 1.82) is 0 Å². The first-order valence-corrected chi connectivity index (χ1v) is 4.43. The molecule has 0 unspecified atom stereocenters. The number of hydrogen-bond donors (Lipinski definition) is 0. The highest BCUT2D eigenvalue weighted by atomic mass is 35.5. The minimum absolute atomic E-state index is 0.00579. The van der Waals surface area contributed by atoms with Gasteiger partial charge in [0.05, 0.1) is 6.42 Å². The average Bonchev–Trinajstić information content (AvgIpc) is 2.17. The van der Waals surface area contributed by atoms with Crippen molar-refractivity contribution < 1.29 is 9.53 Å². The maximum atomic E-state index is 11.0. The molecule has 2 nitrogen and oxygen atoms in total. The van der Waals surface area contributed by atoms with Crippen molar-refractivity contribution in [3.05, 3.63) is 29.3 Å². The largest absolute Gasteiger partial charge is 0.486 e. The molecule has 72 valence electrons. The van der Waals surface area contributed by atoms with E-state index in [1.165, 1.54) is 0 Å². The normalized spacial score (nSPS) is 9.14. The molecule has 3 heteroatoms. The van der Waals surface area contributed by atoms with Gasteiger partial charge in [0.25, 0.3) is 0 Å². The number of carbonyl (C=O) groups is 1. The van der Waals surface area contributed by atoms with Crippen LogP contribution in [0, 0.1) is 12.3 Å². The Hall–Kier alpha value is -1.46. The van der Waals surface area contributed by atoms with Gasteiger partial charge in [0, 0.05) is 5.02 Å². The van der Waals surface area contributed by atoms with Crippen LogP contribution in [-0.4, -0.2) is 12.4 Å². The van der Waals surface area contributed by atoms with Gasteiger partial charge < -0.3 is 4.74 Å². The van der Waals surface area contributed by atoms with Crippen LogP contribution < -0.4 is 4.74 Å². The minimum atomic E-state index is -0.109. The topological polar surface area (TPSA) is 26.3 Å². The molecule has 1 rings (SSSR count). The van der Waals surface area contributed by atoms with Crippen LogP contribution >= 0.6 is 11.6 Å². The monoisotopic (exact) mass is 208 g/mol. The number of hydrogen-bond acceptors (Lipinski definition) is 2. The molecule has 0 saturated heterocycles. The number of Topliss-reactive ketones (excluding diaryl/α,β-unsaturated/α-hetero) is 1. The molecule has 0 bridgehead atoms. The van der Waals surface area contributed by atoms with Crippen LogP contribution in [0.4, 0.5) is 0 Å². The van der Waals surface area contributed by atoms with Crippen molar-refractivity contribution in [2.45, 2.75) is 6.42 Å². The van der Waals surface area contributed by atoms with Crippen molar-refractivity contribution in [2.75, 3.05) is 6.61 Å². The van der Waals surface area contributed by atoms with Gasteiger partial charge in [-0.25, -0.2) is 0 Å². The summed E-state index contributed by atoms with van der Waals surface area (Å²) in [6.07, 6.45) is 5.08. The number of rotatable bonds is 4. The first-order chi connectivity index (χ1) is 6.72. The predicted octanol–water partition coefficient (Wildman–Crippen LogP) is 2.31. The molecule has 0 fully saturated rings. The maximum absolute atomic E-state index is 11.0. The van der Waals surface area contributed by atoms with Crippen LogP contribution in [0.5, 0.6) is 5.75 Å². The second kappa shape index (κ2) is 5.31. The first-order valence-electron chi connectivity index (χ1n) is 4.06. The van der Waals surface area contributed by atoms with E-state index in [4.69, 9.17) is 22.8 Å². The third-order valence-electron chi connectivity index (χ3n) is 1.51. The van der Waals surface area contributed by atoms with Gasteiger partial charge in [-0.2, -0.15) is 0 Å². The second-order valence-electron chi connectivity index (χ2n) is 2.66. The molecule has 0 aliphatic rings. The van der Waals surface area contributed by atoms with Crippen molar-refractivity contribution in [3.8, 4) is 18.1 Å². The van der Waals surface area contributed by atoms with E-state index >= 15 is 0 Å². The van der Waals surface area contributed by atoms with Crippen LogP contribution in [-0.2, 0) is 4.79 Å². The standard InChI is InChI=1S/C11H9ClO2/c1-2-3-10(13)8-14-11-6-4-9(12)5-7-11/h1,4-7H,3,8H2. The van der Waals surface area contributed by atoms with E-state index in [9.17, 15) is 4.79 Å². The van der Waals surface area contributed by atoms with E-state index in [1.54, 1.807) is 24.3 Å². The Labute approximate surface area is 87.8 Å². The molecular formula is C11H9ClO2. The highest BCUT2D eigenvalue weighted by Gasteiger charge is 2.00. The van der Waals surface area contributed by atoms with Gasteiger partial charge in [-0.1, -0.05) is 17.5 Å². The second-order valence-corrected chi connectivity index (χ2v) is 3.10. The van der Waals surface area contributed by atoms with Gasteiger partial charge in [0.2, 0.25) is 0 Å². The van der Waals surface area contributed by atoms with E-state index < -0.39 is 0 Å². The molecule has 0 aliphatic heterocycles. The van der Waals surface area contributed by atoms with Gasteiger partial charge in [-0.05, 0) is 24.3 Å². The molecule has 0 amide bonds. The number of benzene rings is 1. The fourth-order valence-electron chi connectivity index (χ4n) is 0.860. The molecule has 1 aromatic rings. The Morgan fingerprint density at radius 1 is 1.43 bits per heavy atom. The molecule has 0 spiro atoms. The Balaban J connectivity index is 2.43. The molecule has 0 saturated carbocycles. The number of ether oxygens (including phenoxy) is 1. The summed E-state index contributed by atoms with van der Waals surface area (Å²) in [4.78, 5) is 11.0. The van der Waals surface area contributed by atoms with Crippen molar-refractivity contribution in [1.82, 2.24) is 0 Å². The number of terminal acetylenes is 1. The van der Waals surface area contributed by atoms with Gasteiger partial charge in [-0.15, -0.1) is 6.42 Å².